The maximum absolute atomic E-state index is 10.6. The minimum atomic E-state index is -0.540. The second-order valence-corrected chi connectivity index (χ2v) is 2.59. The van der Waals surface area contributed by atoms with Gasteiger partial charge < -0.3 is 10.2 Å². The Labute approximate surface area is 70.8 Å². The van der Waals surface area contributed by atoms with E-state index in [1.807, 2.05) is 0 Å². The normalized spacial score (nSPS) is 10.1. The van der Waals surface area contributed by atoms with Crippen molar-refractivity contribution < 1.29 is 9.21 Å². The molecule has 4 nitrogen and oxygen atoms in total. The lowest BCUT2D eigenvalue weighted by atomic mass is 10.2. The summed E-state index contributed by atoms with van der Waals surface area (Å²) in [4.78, 5) is 14.5. The lowest BCUT2D eigenvalue weighted by molar-refractivity contribution is 0.0995. The Bertz CT molecular complexity index is 268. The van der Waals surface area contributed by atoms with Crippen LogP contribution in [0, 0.1) is 0 Å². The van der Waals surface area contributed by atoms with Crippen molar-refractivity contribution in [3.05, 3.63) is 17.8 Å². The van der Waals surface area contributed by atoms with E-state index in [4.69, 9.17) is 10.2 Å². The quantitative estimate of drug-likeness (QED) is 0.732. The second-order valence-electron chi connectivity index (χ2n) is 2.59. The third-order valence-electron chi connectivity index (χ3n) is 1.55. The van der Waals surface area contributed by atoms with Crippen LogP contribution in [-0.4, -0.2) is 10.9 Å². The van der Waals surface area contributed by atoms with Crippen LogP contribution < -0.4 is 5.73 Å². The maximum atomic E-state index is 10.6. The van der Waals surface area contributed by atoms with Crippen LogP contribution in [0.15, 0.2) is 10.7 Å². The van der Waals surface area contributed by atoms with Crippen LogP contribution in [-0.2, 0) is 6.42 Å². The molecule has 0 aliphatic heterocycles. The summed E-state index contributed by atoms with van der Waals surface area (Å²) in [5, 5.41) is 0. The first-order chi connectivity index (χ1) is 5.74. The molecule has 0 aliphatic carbocycles. The van der Waals surface area contributed by atoms with Crippen LogP contribution in [0.5, 0.6) is 0 Å². The number of nitrogens with two attached hydrogens (primary N) is 1. The Morgan fingerprint density at radius 3 is 3.00 bits per heavy atom. The fourth-order valence-corrected chi connectivity index (χ4v) is 0.867. The highest BCUT2D eigenvalue weighted by Gasteiger charge is 2.07. The van der Waals surface area contributed by atoms with Crippen LogP contribution in [0.1, 0.15) is 36.1 Å². The highest BCUT2D eigenvalue weighted by molar-refractivity contribution is 5.90. The Morgan fingerprint density at radius 2 is 2.50 bits per heavy atom. The minimum Gasteiger partial charge on any atom is -0.448 e. The highest BCUT2D eigenvalue weighted by atomic mass is 16.3. The third kappa shape index (κ3) is 2.08. The zero-order valence-corrected chi connectivity index (χ0v) is 7.04. The number of nitrogens with zero attached hydrogens (tertiary/aromatic N) is 1. The molecule has 1 rings (SSSR count). The van der Waals surface area contributed by atoms with E-state index in [2.05, 4.69) is 11.9 Å². The van der Waals surface area contributed by atoms with Crippen molar-refractivity contribution in [1.82, 2.24) is 4.98 Å². The van der Waals surface area contributed by atoms with E-state index >= 15 is 0 Å². The molecule has 0 saturated carbocycles. The third-order valence-corrected chi connectivity index (χ3v) is 1.55. The predicted octanol–water partition coefficient (Wildman–Crippen LogP) is 1.12. The topological polar surface area (TPSA) is 69.1 Å². The van der Waals surface area contributed by atoms with Crippen molar-refractivity contribution in [3.8, 4) is 0 Å². The number of carbonyl (C=O) groups excluding carboxylic acids is 1. The molecule has 2 N–H and O–H groups in total. The molecule has 0 fully saturated rings. The SMILES string of the molecule is CCCCc1nc(C(N)=O)co1. The van der Waals surface area contributed by atoms with Gasteiger partial charge >= 0.3 is 0 Å². The zero-order chi connectivity index (χ0) is 8.97. The van der Waals surface area contributed by atoms with Gasteiger partial charge in [-0.05, 0) is 6.42 Å². The molecule has 4 heteroatoms. The fraction of sp³-hybridized carbons (Fsp3) is 0.500. The van der Waals surface area contributed by atoms with Gasteiger partial charge in [0.1, 0.15) is 6.26 Å². The highest BCUT2D eigenvalue weighted by Crippen LogP contribution is 2.04. The van der Waals surface area contributed by atoms with Gasteiger partial charge in [0.2, 0.25) is 0 Å². The van der Waals surface area contributed by atoms with Crippen molar-refractivity contribution in [3.63, 3.8) is 0 Å². The van der Waals surface area contributed by atoms with E-state index in [0.717, 1.165) is 19.3 Å². The fourth-order valence-electron chi connectivity index (χ4n) is 0.867. The van der Waals surface area contributed by atoms with Crippen LogP contribution in [0.25, 0.3) is 0 Å². The van der Waals surface area contributed by atoms with Gasteiger partial charge in [0.25, 0.3) is 5.91 Å². The van der Waals surface area contributed by atoms with Gasteiger partial charge in [0.05, 0.1) is 0 Å². The molecule has 1 aromatic heterocycles. The molecule has 0 aliphatic rings. The van der Waals surface area contributed by atoms with Crippen LogP contribution in [0.3, 0.4) is 0 Å². The Morgan fingerprint density at radius 1 is 1.75 bits per heavy atom. The molecular weight excluding hydrogens is 156 g/mol. The number of oxazole rings is 1. The van der Waals surface area contributed by atoms with E-state index in [1.165, 1.54) is 6.26 Å². The lowest BCUT2D eigenvalue weighted by Gasteiger charge is -1.89. The van der Waals surface area contributed by atoms with Crippen molar-refractivity contribution >= 4 is 5.91 Å². The van der Waals surface area contributed by atoms with E-state index in [9.17, 15) is 4.79 Å². The Kier molecular flexibility index (Phi) is 2.85. The predicted molar refractivity (Wildman–Crippen MR) is 43.6 cm³/mol. The molecular formula is C8H12N2O2. The van der Waals surface area contributed by atoms with Gasteiger partial charge in [-0.15, -0.1) is 0 Å². The lowest BCUT2D eigenvalue weighted by Crippen LogP contribution is -2.11. The number of rotatable bonds is 4. The van der Waals surface area contributed by atoms with Crippen molar-refractivity contribution in [1.29, 1.82) is 0 Å². The van der Waals surface area contributed by atoms with Crippen LogP contribution in [0.2, 0.25) is 0 Å². The number of primary amides is 1. The summed E-state index contributed by atoms with van der Waals surface area (Å²) in [5.74, 6) is 0.0483. The standard InChI is InChI=1S/C8H12N2O2/c1-2-3-4-7-10-6(5-12-7)8(9)11/h5H,2-4H2,1H3,(H2,9,11). The molecule has 0 unspecified atom stereocenters. The average molecular weight is 168 g/mol. The first-order valence-electron chi connectivity index (χ1n) is 3.98. The van der Waals surface area contributed by atoms with E-state index < -0.39 is 5.91 Å². The van der Waals surface area contributed by atoms with Crippen LogP contribution in [0.4, 0.5) is 0 Å². The molecule has 0 bridgehead atoms. The summed E-state index contributed by atoms with van der Waals surface area (Å²) in [6.45, 7) is 2.08. The molecule has 0 atom stereocenters. The average Bonchev–Trinajstić information content (AvgIpc) is 2.48. The Balaban J connectivity index is 2.58. The Hall–Kier alpha value is -1.32. The first kappa shape index (κ1) is 8.77. The molecule has 0 spiro atoms. The maximum Gasteiger partial charge on any atom is 0.270 e. The monoisotopic (exact) mass is 168 g/mol. The first-order valence-corrected chi connectivity index (χ1v) is 3.98. The van der Waals surface area contributed by atoms with Gasteiger partial charge in [-0.2, -0.15) is 0 Å². The smallest absolute Gasteiger partial charge is 0.270 e. The molecule has 0 saturated heterocycles. The minimum absolute atomic E-state index is 0.209. The largest absolute Gasteiger partial charge is 0.448 e. The van der Waals surface area contributed by atoms with Crippen molar-refractivity contribution in [2.24, 2.45) is 5.73 Å². The van der Waals surface area contributed by atoms with E-state index in [-0.39, 0.29) is 5.69 Å². The van der Waals surface area contributed by atoms with Gasteiger partial charge in [-0.3, -0.25) is 4.79 Å². The number of hydrogen-bond acceptors (Lipinski definition) is 3. The zero-order valence-electron chi connectivity index (χ0n) is 7.04. The van der Waals surface area contributed by atoms with Crippen LogP contribution >= 0.6 is 0 Å². The van der Waals surface area contributed by atoms with Gasteiger partial charge in [-0.25, -0.2) is 4.98 Å². The second kappa shape index (κ2) is 3.90. The molecule has 1 aromatic rings. The van der Waals surface area contributed by atoms with E-state index in [0.29, 0.717) is 5.89 Å². The number of amides is 1. The molecule has 0 aromatic carbocycles. The number of hydrogen-bond donors (Lipinski definition) is 1. The molecule has 12 heavy (non-hydrogen) atoms. The molecule has 1 amide bonds. The molecule has 0 radical (unpaired) electrons. The summed E-state index contributed by atoms with van der Waals surface area (Å²) < 4.78 is 5.02. The summed E-state index contributed by atoms with van der Waals surface area (Å²) >= 11 is 0. The summed E-state index contributed by atoms with van der Waals surface area (Å²) in [7, 11) is 0. The molecule has 66 valence electrons. The summed E-state index contributed by atoms with van der Waals surface area (Å²) in [5.41, 5.74) is 5.20. The molecule has 1 heterocycles. The van der Waals surface area contributed by atoms with Crippen molar-refractivity contribution in [2.75, 3.05) is 0 Å². The van der Waals surface area contributed by atoms with Gasteiger partial charge in [-0.1, -0.05) is 13.3 Å². The number of aryl methyl sites for hydroxylation is 1. The van der Waals surface area contributed by atoms with Gasteiger partial charge in [0, 0.05) is 6.42 Å². The van der Waals surface area contributed by atoms with Crippen molar-refractivity contribution in [2.45, 2.75) is 26.2 Å². The summed E-state index contributed by atoms with van der Waals surface area (Å²) in [6.07, 6.45) is 4.16. The number of aromatic nitrogens is 1. The number of carbonyl (C=O) groups is 1. The van der Waals surface area contributed by atoms with Gasteiger partial charge in [0.15, 0.2) is 11.6 Å². The van der Waals surface area contributed by atoms with E-state index in [1.54, 1.807) is 0 Å². The number of unbranched alkanes of at least 4 members (excludes halogenated alkanes) is 1. The summed E-state index contributed by atoms with van der Waals surface area (Å²) in [6, 6.07) is 0.